The third-order valence-corrected chi connectivity index (χ3v) is 0. The minimum Gasteiger partial charge on any atom is -0.368 e. The van der Waals surface area contributed by atoms with E-state index >= 15 is 0 Å². The molecular weight excluding hydrogens is 265 g/mol. The van der Waals surface area contributed by atoms with Gasteiger partial charge in [0, 0.05) is 36.5 Å². The number of rotatable bonds is 0. The van der Waals surface area contributed by atoms with Crippen molar-refractivity contribution in [2.24, 2.45) is 0 Å². The van der Waals surface area contributed by atoms with Crippen LogP contribution in [0.3, 0.4) is 0 Å². The molecule has 0 aromatic heterocycles. The summed E-state index contributed by atoms with van der Waals surface area (Å²) in [6.45, 7) is 0. The second-order valence-electron chi connectivity index (χ2n) is 0.600. The van der Waals surface area contributed by atoms with Crippen molar-refractivity contribution < 1.29 is 55.7 Å². The smallest absolute Gasteiger partial charge is 0.368 e. The van der Waals surface area contributed by atoms with Crippen LogP contribution in [0.1, 0.15) is 0 Å². The standard InChI is InChI=1S/Al.Fe.Mg.H4O4Si.Zn.5H/c;;;1-5(2,3)4;;;;;;/h;;;1-4H;;;;;;. The first-order chi connectivity index (χ1) is 2.00. The van der Waals surface area contributed by atoms with Crippen molar-refractivity contribution in [3.8, 4) is 0 Å². The molecule has 0 fully saturated rings. The maximum Gasteiger partial charge on any atom is 0.668 e. The monoisotopic (exact) mass is 272 g/mol. The Balaban J connectivity index is -0.0000000133. The molecular formula is H9AlFeMgO4SiZn. The molecule has 52 valence electrons. The molecule has 0 heterocycles. The van der Waals surface area contributed by atoms with Crippen LogP contribution in [0.4, 0.5) is 0 Å². The Kier molecular flexibility index (Phi) is 43.7. The number of hydrogen-bond donors (Lipinski definition) is 4. The fraction of sp³-hybridized carbons (Fsp3) is 0. The fourth-order valence-electron chi connectivity index (χ4n) is 0. The normalized spacial score (nSPS) is 6.67. The number of hydrogen-bond acceptors (Lipinski definition) is 4. The van der Waals surface area contributed by atoms with Crippen molar-refractivity contribution in [3.63, 3.8) is 0 Å². The molecule has 0 saturated carbocycles. The van der Waals surface area contributed by atoms with E-state index in [1.165, 1.54) is 0 Å². The molecule has 4 N–H and O–H groups in total. The molecule has 0 unspecified atom stereocenters. The minimum atomic E-state index is -4.61. The molecule has 0 aromatic rings. The molecule has 0 spiro atoms. The summed E-state index contributed by atoms with van der Waals surface area (Å²) in [4.78, 5) is 29.3. The second kappa shape index (κ2) is 13.1. The van der Waals surface area contributed by atoms with Crippen LogP contribution in [-0.4, -0.2) is 68.6 Å². The largest absolute Gasteiger partial charge is 0.668 e. The van der Waals surface area contributed by atoms with Gasteiger partial charge in [0.05, 0.1) is 0 Å². The summed E-state index contributed by atoms with van der Waals surface area (Å²) in [5.41, 5.74) is 0. The Bertz CT molecular complexity index is 36.0. The predicted octanol–water partition coefficient (Wildman–Crippen LogP) is -4.71. The van der Waals surface area contributed by atoms with Crippen LogP contribution in [0.15, 0.2) is 0 Å². The summed E-state index contributed by atoms with van der Waals surface area (Å²) in [7, 11) is -4.61. The van der Waals surface area contributed by atoms with Gasteiger partial charge in [0.1, 0.15) is 0 Å². The molecule has 0 rings (SSSR count). The average Bonchev–Trinajstić information content (AvgIpc) is 0.722. The first-order valence-electron chi connectivity index (χ1n) is 0.894. The van der Waals surface area contributed by atoms with Gasteiger partial charge < -0.3 is 19.2 Å². The zero-order valence-corrected chi connectivity index (χ0v) is 8.42. The second-order valence-corrected chi connectivity index (χ2v) is 1.80. The molecule has 9 heteroatoms. The quantitative estimate of drug-likeness (QED) is 0.334. The van der Waals surface area contributed by atoms with Crippen molar-refractivity contribution in [2.75, 3.05) is 0 Å². The van der Waals surface area contributed by atoms with E-state index in [4.69, 9.17) is 19.2 Å². The zero-order valence-electron chi connectivity index (χ0n) is 3.35. The summed E-state index contributed by atoms with van der Waals surface area (Å²) in [6, 6.07) is 0. The molecule has 0 aliphatic rings. The van der Waals surface area contributed by atoms with Crippen LogP contribution >= 0.6 is 0 Å². The molecule has 0 saturated heterocycles. The maximum atomic E-state index is 7.33. The Hall–Kier alpha value is 2.50. The van der Waals surface area contributed by atoms with E-state index in [9.17, 15) is 0 Å². The average molecular weight is 274 g/mol. The molecule has 9 heavy (non-hydrogen) atoms. The summed E-state index contributed by atoms with van der Waals surface area (Å²) in [6.07, 6.45) is 0. The topological polar surface area (TPSA) is 80.9 Å². The van der Waals surface area contributed by atoms with E-state index in [1.807, 2.05) is 0 Å². The fourth-order valence-corrected chi connectivity index (χ4v) is 0. The minimum absolute atomic E-state index is 0. The van der Waals surface area contributed by atoms with Crippen LogP contribution in [-0.2, 0) is 36.5 Å². The summed E-state index contributed by atoms with van der Waals surface area (Å²) in [5.74, 6) is 0. The van der Waals surface area contributed by atoms with Gasteiger partial charge in [-0.05, 0) is 0 Å². The van der Waals surface area contributed by atoms with E-state index in [0.29, 0.717) is 0 Å². The third kappa shape index (κ3) is 121. The van der Waals surface area contributed by atoms with Crippen LogP contribution < -0.4 is 0 Å². The van der Waals surface area contributed by atoms with Gasteiger partial charge in [0.15, 0.2) is 17.4 Å². The van der Waals surface area contributed by atoms with Crippen LogP contribution in [0, 0.1) is 0 Å². The Morgan fingerprint density at radius 3 is 0.889 bits per heavy atom. The van der Waals surface area contributed by atoms with Crippen molar-refractivity contribution in [3.05, 3.63) is 0 Å². The molecule has 4 nitrogen and oxygen atoms in total. The van der Waals surface area contributed by atoms with Crippen molar-refractivity contribution >= 4 is 49.5 Å². The molecule has 0 radical (unpaired) electrons. The maximum absolute atomic E-state index is 7.33. The van der Waals surface area contributed by atoms with Crippen molar-refractivity contribution in [2.45, 2.75) is 0 Å². The van der Waals surface area contributed by atoms with Crippen LogP contribution in [0.25, 0.3) is 0 Å². The Morgan fingerprint density at radius 1 is 0.889 bits per heavy atom. The molecule has 0 aliphatic carbocycles. The van der Waals surface area contributed by atoms with Crippen LogP contribution in [0.5, 0.6) is 0 Å². The third-order valence-electron chi connectivity index (χ3n) is 0. The molecule has 0 bridgehead atoms. The Labute approximate surface area is 104 Å². The molecule has 0 atom stereocenters. The van der Waals surface area contributed by atoms with E-state index in [1.54, 1.807) is 0 Å². The van der Waals surface area contributed by atoms with Gasteiger partial charge >= 0.3 is 32.1 Å². The Morgan fingerprint density at radius 2 is 0.889 bits per heavy atom. The molecule has 0 aliphatic heterocycles. The summed E-state index contributed by atoms with van der Waals surface area (Å²) >= 11 is 0. The van der Waals surface area contributed by atoms with E-state index in [-0.39, 0.29) is 77.0 Å². The van der Waals surface area contributed by atoms with Gasteiger partial charge in [-0.15, -0.1) is 0 Å². The van der Waals surface area contributed by atoms with Crippen molar-refractivity contribution in [1.29, 1.82) is 0 Å². The molecule has 0 aromatic carbocycles. The first kappa shape index (κ1) is 30.0. The van der Waals surface area contributed by atoms with E-state index in [2.05, 4.69) is 0 Å². The first-order valence-corrected chi connectivity index (χ1v) is 2.68. The van der Waals surface area contributed by atoms with Gasteiger partial charge in [-0.1, -0.05) is 0 Å². The summed E-state index contributed by atoms with van der Waals surface area (Å²) < 4.78 is 0. The van der Waals surface area contributed by atoms with Gasteiger partial charge in [-0.2, -0.15) is 0 Å². The van der Waals surface area contributed by atoms with Crippen molar-refractivity contribution in [1.82, 2.24) is 0 Å². The van der Waals surface area contributed by atoms with E-state index in [0.717, 1.165) is 0 Å². The van der Waals surface area contributed by atoms with Gasteiger partial charge in [0.2, 0.25) is 0 Å². The van der Waals surface area contributed by atoms with E-state index < -0.39 is 9.05 Å². The van der Waals surface area contributed by atoms with Gasteiger partial charge in [-0.25, -0.2) is 0 Å². The summed E-state index contributed by atoms with van der Waals surface area (Å²) in [5, 5.41) is 0. The molecule has 0 amide bonds. The van der Waals surface area contributed by atoms with Gasteiger partial charge in [-0.3, -0.25) is 0 Å². The van der Waals surface area contributed by atoms with Gasteiger partial charge in [0.25, 0.3) is 0 Å². The zero-order chi connectivity index (χ0) is 4.50. The predicted molar refractivity (Wildman–Crippen MR) is 33.1 cm³/mol. The SMILES string of the molecule is O[Si](O)(O)O.[AlH3].[Fe].[MgH2].[Zn]. The van der Waals surface area contributed by atoms with Crippen LogP contribution in [0.2, 0.25) is 0 Å².